The third-order valence-electron chi connectivity index (χ3n) is 2.69. The summed E-state index contributed by atoms with van der Waals surface area (Å²) in [6.45, 7) is 2.88. The van der Waals surface area contributed by atoms with Gasteiger partial charge in [-0.25, -0.2) is 4.98 Å². The number of alkyl halides is 3. The average Bonchev–Trinajstić information content (AvgIpc) is 2.85. The Morgan fingerprint density at radius 1 is 1.28 bits per heavy atom. The van der Waals surface area contributed by atoms with Gasteiger partial charge in [0.15, 0.2) is 11.7 Å². The first-order valence-corrected chi connectivity index (χ1v) is 5.09. The van der Waals surface area contributed by atoms with Gasteiger partial charge in [-0.1, -0.05) is 0 Å². The van der Waals surface area contributed by atoms with Gasteiger partial charge < -0.3 is 14.6 Å². The largest absolute Gasteiger partial charge is 0.472 e. The lowest BCUT2D eigenvalue weighted by Gasteiger charge is -2.29. The van der Waals surface area contributed by atoms with E-state index < -0.39 is 17.5 Å². The first-order chi connectivity index (χ1) is 8.26. The summed E-state index contributed by atoms with van der Waals surface area (Å²) in [6, 6.07) is 1.16. The standard InChI is InChI=1S/C11H11F3N2O2/c1-6-9(18-7(2)16-6)10(15,11(12,13)14)8-3-4-17-5-8/h3-5H,15H2,1-2H3. The molecule has 4 nitrogen and oxygen atoms in total. The number of nitrogens with zero attached hydrogens (tertiary/aromatic N) is 1. The van der Waals surface area contributed by atoms with Crippen molar-refractivity contribution in [3.05, 3.63) is 41.5 Å². The number of oxazole rings is 1. The summed E-state index contributed by atoms with van der Waals surface area (Å²) < 4.78 is 49.6. The molecule has 1 atom stereocenters. The van der Waals surface area contributed by atoms with E-state index in [0.717, 1.165) is 18.6 Å². The Bertz CT molecular complexity index is 545. The molecule has 7 heteroatoms. The van der Waals surface area contributed by atoms with Gasteiger partial charge in [-0.3, -0.25) is 0 Å². The molecule has 0 amide bonds. The van der Waals surface area contributed by atoms with E-state index in [2.05, 4.69) is 9.40 Å². The van der Waals surface area contributed by atoms with Gasteiger partial charge in [0.2, 0.25) is 5.54 Å². The van der Waals surface area contributed by atoms with E-state index in [0.29, 0.717) is 0 Å². The first-order valence-electron chi connectivity index (χ1n) is 5.09. The molecular weight excluding hydrogens is 249 g/mol. The van der Waals surface area contributed by atoms with E-state index >= 15 is 0 Å². The molecule has 0 saturated carbocycles. The average molecular weight is 260 g/mol. The highest BCUT2D eigenvalue weighted by atomic mass is 19.4. The van der Waals surface area contributed by atoms with Crippen molar-refractivity contribution in [1.29, 1.82) is 0 Å². The molecule has 0 aliphatic carbocycles. The van der Waals surface area contributed by atoms with Crippen molar-refractivity contribution < 1.29 is 22.0 Å². The normalized spacial score (nSPS) is 15.7. The van der Waals surface area contributed by atoms with E-state index in [1.54, 1.807) is 0 Å². The Morgan fingerprint density at radius 2 is 1.94 bits per heavy atom. The molecule has 0 aliphatic rings. The smallest absolute Gasteiger partial charge is 0.418 e. The molecule has 0 aliphatic heterocycles. The van der Waals surface area contributed by atoms with Crippen LogP contribution < -0.4 is 5.73 Å². The molecule has 0 radical (unpaired) electrons. The van der Waals surface area contributed by atoms with Gasteiger partial charge >= 0.3 is 6.18 Å². The Kier molecular flexibility index (Phi) is 2.73. The lowest BCUT2D eigenvalue weighted by Crippen LogP contribution is -2.51. The number of nitrogens with two attached hydrogens (primary N) is 1. The van der Waals surface area contributed by atoms with E-state index in [1.807, 2.05) is 0 Å². The van der Waals surface area contributed by atoms with Gasteiger partial charge in [0.25, 0.3) is 0 Å². The molecule has 98 valence electrons. The second-order valence-corrected chi connectivity index (χ2v) is 3.97. The topological polar surface area (TPSA) is 65.2 Å². The van der Waals surface area contributed by atoms with Crippen molar-refractivity contribution in [3.63, 3.8) is 0 Å². The first kappa shape index (κ1) is 12.7. The molecule has 0 fully saturated rings. The summed E-state index contributed by atoms with van der Waals surface area (Å²) >= 11 is 0. The van der Waals surface area contributed by atoms with Gasteiger partial charge in [-0.2, -0.15) is 13.2 Å². The molecular formula is C11H11F3N2O2. The minimum atomic E-state index is -4.73. The van der Waals surface area contributed by atoms with Crippen LogP contribution >= 0.6 is 0 Å². The molecule has 0 aromatic carbocycles. The minimum Gasteiger partial charge on any atom is -0.472 e. The Labute approximate surface area is 101 Å². The number of furan rings is 1. The van der Waals surface area contributed by atoms with Crippen molar-refractivity contribution in [2.45, 2.75) is 25.6 Å². The summed E-state index contributed by atoms with van der Waals surface area (Å²) in [5.41, 5.74) is 2.68. The Balaban J connectivity index is 2.68. The van der Waals surface area contributed by atoms with Crippen LogP contribution in [0.3, 0.4) is 0 Å². The summed E-state index contributed by atoms with van der Waals surface area (Å²) in [6.07, 6.45) is -2.65. The predicted molar refractivity (Wildman–Crippen MR) is 55.7 cm³/mol. The number of halogens is 3. The van der Waals surface area contributed by atoms with Crippen LogP contribution in [0, 0.1) is 13.8 Å². The molecule has 2 aromatic heterocycles. The molecule has 2 rings (SSSR count). The van der Waals surface area contributed by atoms with Crippen molar-refractivity contribution in [3.8, 4) is 0 Å². The van der Waals surface area contributed by atoms with Crippen LogP contribution in [0.1, 0.15) is 22.9 Å². The highest BCUT2D eigenvalue weighted by Gasteiger charge is 2.58. The fraction of sp³-hybridized carbons (Fsp3) is 0.364. The van der Waals surface area contributed by atoms with Crippen LogP contribution in [0.15, 0.2) is 27.4 Å². The maximum absolute atomic E-state index is 13.3. The van der Waals surface area contributed by atoms with Crippen LogP contribution in [0.25, 0.3) is 0 Å². The third kappa shape index (κ3) is 1.71. The van der Waals surface area contributed by atoms with E-state index in [9.17, 15) is 13.2 Å². The summed E-state index contributed by atoms with van der Waals surface area (Å²) in [7, 11) is 0. The summed E-state index contributed by atoms with van der Waals surface area (Å²) in [5, 5.41) is 0. The van der Waals surface area contributed by atoms with E-state index in [4.69, 9.17) is 10.2 Å². The number of aryl methyl sites for hydroxylation is 2. The van der Waals surface area contributed by atoms with Crippen LogP contribution in [-0.2, 0) is 5.54 Å². The van der Waals surface area contributed by atoms with Gasteiger partial charge in [0.1, 0.15) is 0 Å². The fourth-order valence-electron chi connectivity index (χ4n) is 1.81. The van der Waals surface area contributed by atoms with Crippen molar-refractivity contribution in [2.75, 3.05) is 0 Å². The SMILES string of the molecule is Cc1nc(C)c(C(N)(c2ccoc2)C(F)(F)F)o1. The highest BCUT2D eigenvalue weighted by Crippen LogP contribution is 2.43. The van der Waals surface area contributed by atoms with E-state index in [-0.39, 0.29) is 17.1 Å². The molecule has 2 heterocycles. The van der Waals surface area contributed by atoms with Crippen LogP contribution in [0.2, 0.25) is 0 Å². The van der Waals surface area contributed by atoms with Crippen molar-refractivity contribution >= 4 is 0 Å². The number of rotatable bonds is 2. The molecule has 2 aromatic rings. The predicted octanol–water partition coefficient (Wildman–Crippen LogP) is 2.65. The maximum atomic E-state index is 13.3. The van der Waals surface area contributed by atoms with Crippen molar-refractivity contribution in [1.82, 2.24) is 4.98 Å². The van der Waals surface area contributed by atoms with E-state index in [1.165, 1.54) is 13.8 Å². The lowest BCUT2D eigenvalue weighted by atomic mass is 9.88. The molecule has 0 saturated heterocycles. The molecule has 0 spiro atoms. The number of aromatic nitrogens is 1. The third-order valence-corrected chi connectivity index (χ3v) is 2.69. The summed E-state index contributed by atoms with van der Waals surface area (Å²) in [4.78, 5) is 3.82. The zero-order valence-corrected chi connectivity index (χ0v) is 9.71. The maximum Gasteiger partial charge on any atom is 0.418 e. The molecule has 18 heavy (non-hydrogen) atoms. The monoisotopic (exact) mass is 260 g/mol. The van der Waals surface area contributed by atoms with Crippen LogP contribution in [-0.4, -0.2) is 11.2 Å². The minimum absolute atomic E-state index is 0.105. The van der Waals surface area contributed by atoms with Gasteiger partial charge in [-0.05, 0) is 13.0 Å². The summed E-state index contributed by atoms with van der Waals surface area (Å²) in [5.74, 6) is -0.293. The molecule has 2 N–H and O–H groups in total. The van der Waals surface area contributed by atoms with Gasteiger partial charge in [0, 0.05) is 12.5 Å². The number of hydrogen-bond acceptors (Lipinski definition) is 4. The van der Waals surface area contributed by atoms with Gasteiger partial charge in [0.05, 0.1) is 18.2 Å². The fourth-order valence-corrected chi connectivity index (χ4v) is 1.81. The Morgan fingerprint density at radius 3 is 2.33 bits per heavy atom. The van der Waals surface area contributed by atoms with Crippen LogP contribution in [0.4, 0.5) is 13.2 Å². The Hall–Kier alpha value is -1.76. The molecule has 0 bridgehead atoms. The second kappa shape index (κ2) is 3.88. The van der Waals surface area contributed by atoms with Crippen LogP contribution in [0.5, 0.6) is 0 Å². The number of hydrogen-bond donors (Lipinski definition) is 1. The second-order valence-electron chi connectivity index (χ2n) is 3.97. The highest BCUT2D eigenvalue weighted by molar-refractivity contribution is 5.35. The lowest BCUT2D eigenvalue weighted by molar-refractivity contribution is -0.181. The van der Waals surface area contributed by atoms with Gasteiger partial charge in [-0.15, -0.1) is 0 Å². The van der Waals surface area contributed by atoms with Crippen molar-refractivity contribution in [2.24, 2.45) is 5.73 Å². The quantitative estimate of drug-likeness (QED) is 0.901. The zero-order chi connectivity index (χ0) is 13.6. The molecule has 1 unspecified atom stereocenters. The zero-order valence-electron chi connectivity index (χ0n) is 9.71.